The molecule has 1 aromatic carbocycles. The summed E-state index contributed by atoms with van der Waals surface area (Å²) in [7, 11) is 1.61. The summed E-state index contributed by atoms with van der Waals surface area (Å²) in [6.07, 6.45) is 7.70. The van der Waals surface area contributed by atoms with Gasteiger partial charge in [0.05, 0.1) is 7.11 Å². The average Bonchev–Trinajstić information content (AvgIpc) is 2.45. The molecule has 1 aliphatic heterocycles. The number of rotatable bonds is 1. The highest BCUT2D eigenvalue weighted by atomic mass is 16.5. The highest BCUT2D eigenvalue weighted by Gasteiger charge is 2.21. The molecule has 1 heterocycles. The first-order valence-corrected chi connectivity index (χ1v) is 5.67. The van der Waals surface area contributed by atoms with E-state index in [-0.39, 0.29) is 6.10 Å². The fourth-order valence-corrected chi connectivity index (χ4v) is 2.24. The van der Waals surface area contributed by atoms with Gasteiger partial charge in [0.2, 0.25) is 5.76 Å². The molecule has 0 fully saturated rings. The smallest absolute Gasteiger partial charge is 0.206 e. The molecule has 3 nitrogen and oxygen atoms in total. The molecule has 0 aromatic heterocycles. The van der Waals surface area contributed by atoms with Gasteiger partial charge in [0.25, 0.3) is 0 Å². The Hall–Kier alpha value is -2.47. The number of hydrogen-bond acceptors (Lipinski definition) is 3. The van der Waals surface area contributed by atoms with E-state index < -0.39 is 0 Å². The maximum Gasteiger partial charge on any atom is 0.206 e. The van der Waals surface area contributed by atoms with Crippen molar-refractivity contribution in [1.29, 1.82) is 5.26 Å². The Morgan fingerprint density at radius 1 is 1.28 bits per heavy atom. The molecule has 0 saturated heterocycles. The molecule has 0 radical (unpaired) electrons. The lowest BCUT2D eigenvalue weighted by Gasteiger charge is -2.22. The second kappa shape index (κ2) is 4.08. The van der Waals surface area contributed by atoms with Crippen LogP contribution in [0.5, 0.6) is 5.75 Å². The van der Waals surface area contributed by atoms with Crippen LogP contribution >= 0.6 is 0 Å². The zero-order valence-electron chi connectivity index (χ0n) is 9.88. The molecule has 3 heteroatoms. The summed E-state index contributed by atoms with van der Waals surface area (Å²) >= 11 is 0. The molecule has 1 atom stereocenters. The molecular weight excluding hydrogens is 226 g/mol. The maximum atomic E-state index is 9.19. The first kappa shape index (κ1) is 10.7. The van der Waals surface area contributed by atoms with E-state index in [2.05, 4.69) is 6.07 Å². The third kappa shape index (κ3) is 1.51. The number of nitrogens with zero attached hydrogens (tertiary/aromatic N) is 1. The minimum atomic E-state index is -0.162. The van der Waals surface area contributed by atoms with Gasteiger partial charge in [-0.25, -0.2) is 0 Å². The Kier molecular flexibility index (Phi) is 2.42. The van der Waals surface area contributed by atoms with Crippen molar-refractivity contribution in [3.8, 4) is 11.8 Å². The molecular formula is C15H11NO2. The lowest BCUT2D eigenvalue weighted by atomic mass is 9.98. The van der Waals surface area contributed by atoms with Crippen LogP contribution in [0.2, 0.25) is 0 Å². The van der Waals surface area contributed by atoms with Crippen molar-refractivity contribution in [1.82, 2.24) is 0 Å². The second-order valence-electron chi connectivity index (χ2n) is 4.09. The first-order chi connectivity index (χ1) is 8.83. The molecule has 0 spiro atoms. The lowest BCUT2D eigenvalue weighted by Crippen LogP contribution is -2.38. The van der Waals surface area contributed by atoms with Crippen LogP contribution in [0, 0.1) is 11.3 Å². The molecule has 0 N–H and O–H groups in total. The van der Waals surface area contributed by atoms with Gasteiger partial charge in [0, 0.05) is 10.8 Å². The van der Waals surface area contributed by atoms with Gasteiger partial charge in [-0.2, -0.15) is 5.26 Å². The first-order valence-electron chi connectivity index (χ1n) is 5.67. The molecule has 1 aromatic rings. The van der Waals surface area contributed by atoms with Crippen molar-refractivity contribution in [3.05, 3.63) is 52.9 Å². The molecule has 0 saturated carbocycles. The average molecular weight is 237 g/mol. The predicted molar refractivity (Wildman–Crippen MR) is 67.8 cm³/mol. The third-order valence-corrected chi connectivity index (χ3v) is 3.11. The summed E-state index contributed by atoms with van der Waals surface area (Å²) in [5.41, 5.74) is 1.08. The summed E-state index contributed by atoms with van der Waals surface area (Å²) in [5, 5.41) is 11.0. The van der Waals surface area contributed by atoms with Crippen molar-refractivity contribution in [3.63, 3.8) is 0 Å². The molecule has 2 aliphatic rings. The van der Waals surface area contributed by atoms with Crippen LogP contribution < -0.4 is 15.2 Å². The van der Waals surface area contributed by atoms with Gasteiger partial charge in [-0.15, -0.1) is 0 Å². The van der Waals surface area contributed by atoms with E-state index >= 15 is 0 Å². The van der Waals surface area contributed by atoms with E-state index in [1.807, 2.05) is 42.5 Å². The normalized spacial score (nSPS) is 19.7. The molecule has 18 heavy (non-hydrogen) atoms. The second-order valence-corrected chi connectivity index (χ2v) is 4.09. The van der Waals surface area contributed by atoms with Crippen molar-refractivity contribution < 1.29 is 9.47 Å². The van der Waals surface area contributed by atoms with Crippen molar-refractivity contribution in [2.75, 3.05) is 7.11 Å². The van der Waals surface area contributed by atoms with E-state index in [1.54, 1.807) is 7.11 Å². The quantitative estimate of drug-likeness (QED) is 0.732. The minimum absolute atomic E-state index is 0.162. The van der Waals surface area contributed by atoms with Crippen LogP contribution in [-0.2, 0) is 4.74 Å². The molecule has 88 valence electrons. The van der Waals surface area contributed by atoms with Crippen molar-refractivity contribution in [2.24, 2.45) is 0 Å². The Balaban J connectivity index is 2.40. The lowest BCUT2D eigenvalue weighted by molar-refractivity contribution is 0.260. The number of benzene rings is 1. The highest BCUT2D eigenvalue weighted by Crippen LogP contribution is 2.20. The van der Waals surface area contributed by atoms with Crippen LogP contribution in [0.15, 0.2) is 42.5 Å². The number of ether oxygens (including phenoxy) is 2. The van der Waals surface area contributed by atoms with E-state index in [9.17, 15) is 5.26 Å². The SMILES string of the molecule is COc1ccc2c(c1)=C(C#N)OC1C=CC=CC=21. The van der Waals surface area contributed by atoms with Gasteiger partial charge in [0.1, 0.15) is 17.9 Å². The molecule has 3 rings (SSSR count). The van der Waals surface area contributed by atoms with Gasteiger partial charge < -0.3 is 9.47 Å². The van der Waals surface area contributed by atoms with Crippen LogP contribution in [0.1, 0.15) is 0 Å². The predicted octanol–water partition coefficient (Wildman–Crippen LogP) is 1.00. The monoisotopic (exact) mass is 237 g/mol. The van der Waals surface area contributed by atoms with Crippen LogP contribution in [0.4, 0.5) is 0 Å². The molecule has 0 amide bonds. The van der Waals surface area contributed by atoms with E-state index in [0.717, 1.165) is 21.8 Å². The Bertz CT molecular complexity index is 720. The number of fused-ring (bicyclic) bond motifs is 2. The van der Waals surface area contributed by atoms with Gasteiger partial charge in [-0.05, 0) is 23.4 Å². The van der Waals surface area contributed by atoms with E-state index in [4.69, 9.17) is 9.47 Å². The van der Waals surface area contributed by atoms with Crippen molar-refractivity contribution >= 4 is 11.3 Å². The Morgan fingerprint density at radius 3 is 2.94 bits per heavy atom. The largest absolute Gasteiger partial charge is 0.497 e. The van der Waals surface area contributed by atoms with Gasteiger partial charge in [-0.3, -0.25) is 0 Å². The van der Waals surface area contributed by atoms with Gasteiger partial charge >= 0.3 is 0 Å². The maximum absolute atomic E-state index is 9.19. The Morgan fingerprint density at radius 2 is 2.17 bits per heavy atom. The fraction of sp³-hybridized carbons (Fsp3) is 0.133. The zero-order valence-corrected chi connectivity index (χ0v) is 9.88. The standard InChI is InChI=1S/C15H11NO2/c1-17-10-6-7-11-12-4-2-3-5-14(12)18-15(9-16)13(11)8-10/h2-8,14H,1H3. The van der Waals surface area contributed by atoms with Gasteiger partial charge in [0.15, 0.2) is 0 Å². The highest BCUT2D eigenvalue weighted by molar-refractivity contribution is 5.71. The third-order valence-electron chi connectivity index (χ3n) is 3.11. The summed E-state index contributed by atoms with van der Waals surface area (Å²) in [4.78, 5) is 0. The van der Waals surface area contributed by atoms with E-state index in [0.29, 0.717) is 5.76 Å². The summed E-state index contributed by atoms with van der Waals surface area (Å²) in [6.45, 7) is 0. The van der Waals surface area contributed by atoms with Crippen LogP contribution in [0.3, 0.4) is 0 Å². The minimum Gasteiger partial charge on any atom is -0.497 e. The van der Waals surface area contributed by atoms with Crippen LogP contribution in [-0.4, -0.2) is 13.2 Å². The Labute approximate surface area is 105 Å². The number of nitriles is 1. The van der Waals surface area contributed by atoms with Gasteiger partial charge in [-0.1, -0.05) is 24.3 Å². The topological polar surface area (TPSA) is 42.2 Å². The molecule has 0 bridgehead atoms. The number of hydrogen-bond donors (Lipinski definition) is 0. The van der Waals surface area contributed by atoms with Crippen molar-refractivity contribution in [2.45, 2.75) is 6.10 Å². The summed E-state index contributed by atoms with van der Waals surface area (Å²) in [6, 6.07) is 7.82. The molecule has 1 aliphatic carbocycles. The fourth-order valence-electron chi connectivity index (χ4n) is 2.24. The summed E-state index contributed by atoms with van der Waals surface area (Å²) < 4.78 is 10.9. The molecule has 1 unspecified atom stereocenters. The number of allylic oxidation sites excluding steroid dienone is 2. The van der Waals surface area contributed by atoms with E-state index in [1.165, 1.54) is 0 Å². The number of methoxy groups -OCH3 is 1. The zero-order chi connectivity index (χ0) is 12.5. The summed E-state index contributed by atoms with van der Waals surface area (Å²) in [5.74, 6) is 1.07. The van der Waals surface area contributed by atoms with Crippen LogP contribution in [0.25, 0.3) is 11.3 Å².